The Morgan fingerprint density at radius 3 is 2.00 bits per heavy atom. The van der Waals surface area contributed by atoms with Crippen LogP contribution in [0.4, 0.5) is 13.6 Å². The zero-order chi connectivity index (χ0) is 39.1. The molecule has 14 nitrogen and oxygen atoms in total. The summed E-state index contributed by atoms with van der Waals surface area (Å²) in [4.78, 5) is 55.7. The molecule has 0 spiro atoms. The van der Waals surface area contributed by atoms with Crippen molar-refractivity contribution in [3.05, 3.63) is 30.3 Å². The van der Waals surface area contributed by atoms with Crippen molar-refractivity contribution in [1.29, 1.82) is 0 Å². The van der Waals surface area contributed by atoms with Gasteiger partial charge in [-0.15, -0.1) is 0 Å². The highest BCUT2D eigenvalue weighted by Gasteiger charge is 2.70. The van der Waals surface area contributed by atoms with E-state index in [0.717, 1.165) is 10.6 Å². The number of alkyl halides is 2. The lowest BCUT2D eigenvalue weighted by molar-refractivity contribution is -0.144. The Kier molecular flexibility index (Phi) is 12.3. The summed E-state index contributed by atoms with van der Waals surface area (Å²) >= 11 is 0. The molecule has 0 radical (unpaired) electrons. The summed E-state index contributed by atoms with van der Waals surface area (Å²) in [5, 5.41) is 7.80. The van der Waals surface area contributed by atoms with Crippen LogP contribution in [0.5, 0.6) is 0 Å². The minimum Gasteiger partial charge on any atom is -0.342 e. The summed E-state index contributed by atoms with van der Waals surface area (Å²) in [6, 6.07) is 1.04. The Labute approximate surface area is 299 Å². The molecule has 0 unspecified atom stereocenters. The van der Waals surface area contributed by atoms with Crippen LogP contribution in [0.1, 0.15) is 61.8 Å². The van der Waals surface area contributed by atoms with E-state index >= 15 is 0 Å². The lowest BCUT2D eigenvalue weighted by Gasteiger charge is -2.39. The molecule has 1 aliphatic carbocycles. The monoisotopic (exact) mass is 762 g/mol. The van der Waals surface area contributed by atoms with Gasteiger partial charge in [0.05, 0.1) is 11.2 Å². The predicted molar refractivity (Wildman–Crippen MR) is 186 cm³/mol. The summed E-state index contributed by atoms with van der Waals surface area (Å²) in [7, 11) is -6.63. The number of carbonyl (C=O) groups excluding carboxylic acids is 4. The number of hydrogen-bond donors (Lipinski definition) is 4. The van der Waals surface area contributed by atoms with Crippen LogP contribution in [-0.4, -0.2) is 107 Å². The van der Waals surface area contributed by atoms with Crippen molar-refractivity contribution in [2.45, 2.75) is 97.3 Å². The summed E-state index contributed by atoms with van der Waals surface area (Å²) < 4.78 is 80.0. The van der Waals surface area contributed by atoms with Crippen molar-refractivity contribution >= 4 is 43.8 Å². The van der Waals surface area contributed by atoms with Gasteiger partial charge in [-0.2, -0.15) is 0 Å². The zero-order valence-electron chi connectivity index (χ0n) is 30.8. The van der Waals surface area contributed by atoms with Crippen molar-refractivity contribution in [3.8, 4) is 0 Å². The van der Waals surface area contributed by atoms with Gasteiger partial charge in [-0.3, -0.25) is 14.4 Å². The zero-order valence-corrected chi connectivity index (χ0v) is 32.4. The van der Waals surface area contributed by atoms with E-state index in [4.69, 9.17) is 0 Å². The lowest BCUT2D eigenvalue weighted by Crippen LogP contribution is -2.63. The number of piperidine rings is 1. The maximum Gasteiger partial charge on any atom is 0.315 e. The molecule has 0 aromatic heterocycles. The van der Waals surface area contributed by atoms with Gasteiger partial charge < -0.3 is 20.9 Å². The molecule has 3 rings (SSSR count). The number of sulfonamides is 2. The van der Waals surface area contributed by atoms with Gasteiger partial charge in [-0.1, -0.05) is 73.6 Å². The largest absolute Gasteiger partial charge is 0.342 e. The fourth-order valence-electron chi connectivity index (χ4n) is 6.42. The molecule has 1 aromatic carbocycles. The molecular weight excluding hydrogens is 711 g/mol. The molecule has 1 saturated heterocycles. The van der Waals surface area contributed by atoms with E-state index in [0.29, 0.717) is 0 Å². The topological polar surface area (TPSA) is 191 Å². The third-order valence-corrected chi connectivity index (χ3v) is 12.5. The van der Waals surface area contributed by atoms with Crippen LogP contribution in [0, 0.1) is 28.1 Å². The SMILES string of the molecule is CN(C[C@@H](NC(=O)N[C@H](C(=O)N1C[C@H]2[C@@H]([C@H]1C(=O)N[C@@H](CC(F)F)C(=O)NS(=O)(=O)c1ccccc1)C2(C)C)C(C)(C)C)C(C)(C)C)S(C)(=O)=O. The Bertz CT molecular complexity index is 1690. The Balaban J connectivity index is 1.87. The number of hydrogen-bond acceptors (Lipinski definition) is 8. The Morgan fingerprint density at radius 2 is 1.51 bits per heavy atom. The number of likely N-dealkylation sites (N-methyl/N-ethyl adjacent to an activating group) is 1. The molecule has 1 saturated carbocycles. The number of nitrogens with one attached hydrogen (secondary N) is 4. The Hall–Kier alpha value is -3.38. The van der Waals surface area contributed by atoms with E-state index in [1.165, 1.54) is 36.2 Å². The highest BCUT2D eigenvalue weighted by Crippen LogP contribution is 2.65. The smallest absolute Gasteiger partial charge is 0.315 e. The average Bonchev–Trinajstić information content (AvgIpc) is 3.29. The van der Waals surface area contributed by atoms with Gasteiger partial charge >= 0.3 is 6.03 Å². The molecule has 5 amide bonds. The molecule has 6 atom stereocenters. The second kappa shape index (κ2) is 14.9. The van der Waals surface area contributed by atoms with Gasteiger partial charge in [0, 0.05) is 32.6 Å². The van der Waals surface area contributed by atoms with Crippen molar-refractivity contribution in [2.75, 3.05) is 26.4 Å². The van der Waals surface area contributed by atoms with Crippen molar-refractivity contribution < 1.29 is 44.8 Å². The molecular formula is C33H52F2N6O8S2. The Morgan fingerprint density at radius 1 is 0.941 bits per heavy atom. The van der Waals surface area contributed by atoms with Crippen LogP contribution >= 0.6 is 0 Å². The fourth-order valence-corrected chi connectivity index (χ4v) is 7.88. The fraction of sp³-hybridized carbons (Fsp3) is 0.697. The van der Waals surface area contributed by atoms with Crippen molar-refractivity contribution in [1.82, 2.24) is 29.9 Å². The minimum absolute atomic E-state index is 0.0449. The average molecular weight is 763 g/mol. The maximum atomic E-state index is 14.3. The second-order valence-electron chi connectivity index (χ2n) is 16.2. The number of amides is 5. The molecule has 1 aromatic rings. The lowest BCUT2D eigenvalue weighted by atomic mass is 9.85. The first kappa shape index (κ1) is 42.0. The molecule has 288 valence electrons. The van der Waals surface area contributed by atoms with Gasteiger partial charge in [0.25, 0.3) is 15.9 Å². The number of nitrogens with zero attached hydrogens (tertiary/aromatic N) is 2. The third kappa shape index (κ3) is 10.2. The van der Waals surface area contributed by atoms with Crippen molar-refractivity contribution in [3.63, 3.8) is 0 Å². The quantitative estimate of drug-likeness (QED) is 0.235. The van der Waals surface area contributed by atoms with Crippen LogP contribution < -0.4 is 20.7 Å². The minimum atomic E-state index is -4.45. The first-order valence-electron chi connectivity index (χ1n) is 16.6. The number of urea groups is 1. The summed E-state index contributed by atoms with van der Waals surface area (Å²) in [6.45, 7) is 14.4. The maximum absolute atomic E-state index is 14.3. The van der Waals surface area contributed by atoms with E-state index in [-0.39, 0.29) is 23.9 Å². The number of carbonyl (C=O) groups is 4. The molecule has 18 heteroatoms. The molecule has 0 bridgehead atoms. The number of halogens is 2. The van der Waals surface area contributed by atoms with Crippen LogP contribution in [0.25, 0.3) is 0 Å². The molecule has 1 aliphatic heterocycles. The normalized spacial score (nSPS) is 22.1. The predicted octanol–water partition coefficient (Wildman–Crippen LogP) is 2.13. The van der Waals surface area contributed by atoms with E-state index in [1.54, 1.807) is 31.6 Å². The van der Waals surface area contributed by atoms with Gasteiger partial charge in [0.2, 0.25) is 28.3 Å². The van der Waals surface area contributed by atoms with Crippen molar-refractivity contribution in [2.24, 2.45) is 28.1 Å². The first-order valence-corrected chi connectivity index (χ1v) is 19.9. The van der Waals surface area contributed by atoms with E-state index in [2.05, 4.69) is 16.0 Å². The molecule has 4 N–H and O–H groups in total. The van der Waals surface area contributed by atoms with Crippen LogP contribution in [0.3, 0.4) is 0 Å². The number of rotatable bonds is 13. The summed E-state index contributed by atoms with van der Waals surface area (Å²) in [6.07, 6.45) is -3.23. The molecule has 2 fully saturated rings. The first-order chi connectivity index (χ1) is 23.1. The van der Waals surface area contributed by atoms with Crippen LogP contribution in [0.15, 0.2) is 35.2 Å². The third-order valence-electron chi connectivity index (χ3n) is 9.84. The molecule has 2 aliphatic rings. The van der Waals surface area contributed by atoms with Gasteiger partial charge in [0.15, 0.2) is 0 Å². The number of likely N-dealkylation sites (tertiary alicyclic amines) is 1. The van der Waals surface area contributed by atoms with E-state index < -0.39 is 103 Å². The molecule has 1 heterocycles. The number of fused-ring (bicyclic) bond motifs is 1. The highest BCUT2D eigenvalue weighted by molar-refractivity contribution is 7.90. The second-order valence-corrected chi connectivity index (χ2v) is 20.0. The van der Waals surface area contributed by atoms with Gasteiger partial charge in [-0.25, -0.2) is 39.4 Å². The van der Waals surface area contributed by atoms with E-state index in [1.807, 2.05) is 34.6 Å². The van der Waals surface area contributed by atoms with Gasteiger partial charge in [-0.05, 0) is 40.2 Å². The van der Waals surface area contributed by atoms with E-state index in [9.17, 15) is 44.8 Å². The summed E-state index contributed by atoms with van der Waals surface area (Å²) in [5.41, 5.74) is -1.91. The van der Waals surface area contributed by atoms with Crippen LogP contribution in [-0.2, 0) is 34.4 Å². The highest BCUT2D eigenvalue weighted by atomic mass is 32.2. The van der Waals surface area contributed by atoms with Gasteiger partial charge in [0.1, 0.15) is 18.1 Å². The standard InChI is InChI=1S/C33H52F2N6O8S2/c1-31(2,3)22(18-40(9)50(10,46)47)37-30(45)38-26(32(4,5)6)29(44)41-17-20-24(33(20,7)8)25(41)28(43)36-21(16-23(34)35)27(42)39-51(48,49)19-14-12-11-13-15-19/h11-15,20-26H,16-18H2,1-10H3,(H,36,43)(H,39,42)(H2,37,38,45)/t20-,21-,22+,24-,25-,26+/m0/s1. The number of benzene rings is 1. The van der Waals surface area contributed by atoms with Crippen LogP contribution in [0.2, 0.25) is 0 Å². The molecule has 51 heavy (non-hydrogen) atoms. The summed E-state index contributed by atoms with van der Waals surface area (Å²) in [5.74, 6) is -3.45.